The molecule has 0 aliphatic heterocycles. The third-order valence-corrected chi connectivity index (χ3v) is 6.96. The average Bonchev–Trinajstić information content (AvgIpc) is 3.40. The summed E-state index contributed by atoms with van der Waals surface area (Å²) in [6, 6.07) is 35.0. The monoisotopic (exact) mass is 516 g/mol. The van der Waals surface area contributed by atoms with Gasteiger partial charge in [0, 0.05) is 17.5 Å². The van der Waals surface area contributed by atoms with Gasteiger partial charge in [-0.05, 0) is 42.2 Å². The van der Waals surface area contributed by atoms with Crippen molar-refractivity contribution in [3.8, 4) is 16.9 Å². The molecule has 2 heterocycles. The van der Waals surface area contributed by atoms with Crippen molar-refractivity contribution >= 4 is 17.6 Å². The predicted octanol–water partition coefficient (Wildman–Crippen LogP) is 5.90. The maximum absolute atomic E-state index is 13.6. The zero-order chi connectivity index (χ0) is 26.6. The number of anilines is 1. The standard InChI is InChI=1S/C32H28N4O3/c37-31(33-30-20-29(24-13-6-2-7-14-24)34-36(30)25-15-8-3-9-16-25)22-35(21-26-17-10-18-39-26)32(38)28-19-27(28)23-11-4-1-5-12-23/h1-18,20,27-28H,19,21-22H2,(H,33,37). The van der Waals surface area contributed by atoms with Crippen molar-refractivity contribution in [2.75, 3.05) is 11.9 Å². The minimum absolute atomic E-state index is 0.0445. The van der Waals surface area contributed by atoms with Gasteiger partial charge in [0.05, 0.1) is 24.2 Å². The van der Waals surface area contributed by atoms with Gasteiger partial charge in [-0.2, -0.15) is 5.10 Å². The Morgan fingerprint density at radius 2 is 1.59 bits per heavy atom. The highest BCUT2D eigenvalue weighted by Gasteiger charge is 2.46. The Kier molecular flexibility index (Phi) is 6.78. The van der Waals surface area contributed by atoms with Gasteiger partial charge < -0.3 is 14.6 Å². The van der Waals surface area contributed by atoms with Crippen molar-refractivity contribution in [3.05, 3.63) is 127 Å². The summed E-state index contributed by atoms with van der Waals surface area (Å²) in [5.74, 6) is 0.849. The zero-order valence-electron chi connectivity index (χ0n) is 21.3. The number of carbonyl (C=O) groups excluding carboxylic acids is 2. The first-order chi connectivity index (χ1) is 19.2. The molecule has 0 radical (unpaired) electrons. The van der Waals surface area contributed by atoms with Gasteiger partial charge in [-0.15, -0.1) is 0 Å². The molecule has 2 unspecified atom stereocenters. The molecule has 5 aromatic rings. The smallest absolute Gasteiger partial charge is 0.245 e. The fraction of sp³-hybridized carbons (Fsp3) is 0.156. The van der Waals surface area contributed by atoms with E-state index in [0.29, 0.717) is 11.6 Å². The molecule has 1 N–H and O–H groups in total. The SMILES string of the molecule is O=C(CN(Cc1ccco1)C(=O)C1CC1c1ccccc1)Nc1cc(-c2ccccc2)nn1-c1ccccc1. The van der Waals surface area contributed by atoms with Crippen LogP contribution in [-0.4, -0.2) is 33.0 Å². The van der Waals surface area contributed by atoms with Gasteiger partial charge in [0.2, 0.25) is 11.8 Å². The van der Waals surface area contributed by atoms with E-state index in [-0.39, 0.29) is 36.7 Å². The van der Waals surface area contributed by atoms with Gasteiger partial charge in [0.25, 0.3) is 0 Å². The average molecular weight is 517 g/mol. The Morgan fingerprint density at radius 1 is 0.897 bits per heavy atom. The lowest BCUT2D eigenvalue weighted by molar-refractivity contribution is -0.136. The fourth-order valence-corrected chi connectivity index (χ4v) is 4.92. The molecule has 1 saturated carbocycles. The van der Waals surface area contributed by atoms with E-state index < -0.39 is 0 Å². The summed E-state index contributed by atoms with van der Waals surface area (Å²) in [5, 5.41) is 7.77. The van der Waals surface area contributed by atoms with Gasteiger partial charge in [0.15, 0.2) is 0 Å². The molecule has 3 aromatic carbocycles. The highest BCUT2D eigenvalue weighted by atomic mass is 16.3. The van der Waals surface area contributed by atoms with E-state index in [2.05, 4.69) is 17.4 Å². The van der Waals surface area contributed by atoms with Gasteiger partial charge >= 0.3 is 0 Å². The number of furan rings is 1. The van der Waals surface area contributed by atoms with E-state index in [9.17, 15) is 9.59 Å². The maximum Gasteiger partial charge on any atom is 0.245 e. The molecule has 194 valence electrons. The topological polar surface area (TPSA) is 80.4 Å². The van der Waals surface area contributed by atoms with Crippen molar-refractivity contribution in [1.29, 1.82) is 0 Å². The summed E-state index contributed by atoms with van der Waals surface area (Å²) in [7, 11) is 0. The van der Waals surface area contributed by atoms with Crippen LogP contribution in [0, 0.1) is 5.92 Å². The Hall–Kier alpha value is -4.91. The van der Waals surface area contributed by atoms with Gasteiger partial charge in [-0.25, -0.2) is 4.68 Å². The third-order valence-electron chi connectivity index (χ3n) is 6.96. The number of para-hydroxylation sites is 1. The minimum atomic E-state index is -0.302. The van der Waals surface area contributed by atoms with Crippen molar-refractivity contribution in [1.82, 2.24) is 14.7 Å². The molecular weight excluding hydrogens is 488 g/mol. The van der Waals surface area contributed by atoms with E-state index in [4.69, 9.17) is 9.52 Å². The first-order valence-electron chi connectivity index (χ1n) is 13.0. The van der Waals surface area contributed by atoms with Gasteiger partial charge in [-0.3, -0.25) is 9.59 Å². The molecule has 7 nitrogen and oxygen atoms in total. The molecule has 1 aliphatic carbocycles. The van der Waals surface area contributed by atoms with Crippen LogP contribution in [0.5, 0.6) is 0 Å². The van der Waals surface area contributed by atoms with Crippen LogP contribution in [0.3, 0.4) is 0 Å². The van der Waals surface area contributed by atoms with Crippen molar-refractivity contribution in [2.24, 2.45) is 5.92 Å². The molecule has 1 fully saturated rings. The normalized spacial score (nSPS) is 16.0. The zero-order valence-corrected chi connectivity index (χ0v) is 21.3. The summed E-state index contributed by atoms with van der Waals surface area (Å²) < 4.78 is 7.23. The van der Waals surface area contributed by atoms with Crippen LogP contribution in [0.15, 0.2) is 120 Å². The lowest BCUT2D eigenvalue weighted by atomic mass is 10.1. The number of nitrogens with zero attached hydrogens (tertiary/aromatic N) is 3. The van der Waals surface area contributed by atoms with Crippen LogP contribution in [-0.2, 0) is 16.1 Å². The second kappa shape index (κ2) is 10.8. The number of aromatic nitrogens is 2. The minimum Gasteiger partial charge on any atom is -0.467 e. The Balaban J connectivity index is 1.23. The number of hydrogen-bond acceptors (Lipinski definition) is 4. The summed E-state index contributed by atoms with van der Waals surface area (Å²) in [5.41, 5.74) is 3.65. The Morgan fingerprint density at radius 3 is 2.28 bits per heavy atom. The van der Waals surface area contributed by atoms with E-state index in [1.54, 1.807) is 21.9 Å². The number of hydrogen-bond donors (Lipinski definition) is 1. The van der Waals surface area contributed by atoms with Crippen LogP contribution in [0.25, 0.3) is 16.9 Å². The van der Waals surface area contributed by atoms with E-state index in [0.717, 1.165) is 28.9 Å². The summed E-state index contributed by atoms with van der Waals surface area (Å²) >= 11 is 0. The lowest BCUT2D eigenvalue weighted by Crippen LogP contribution is -2.38. The van der Waals surface area contributed by atoms with E-state index in [1.807, 2.05) is 91.0 Å². The number of carbonyl (C=O) groups is 2. The highest BCUT2D eigenvalue weighted by molar-refractivity contribution is 5.95. The molecule has 2 amide bonds. The van der Waals surface area contributed by atoms with Crippen LogP contribution in [0.2, 0.25) is 0 Å². The molecule has 0 bridgehead atoms. The quantitative estimate of drug-likeness (QED) is 0.264. The first-order valence-corrected chi connectivity index (χ1v) is 13.0. The molecule has 6 rings (SSSR count). The lowest BCUT2D eigenvalue weighted by Gasteiger charge is -2.21. The molecule has 7 heteroatoms. The molecule has 2 atom stereocenters. The number of rotatable bonds is 9. The van der Waals surface area contributed by atoms with Gasteiger partial charge in [-0.1, -0.05) is 78.9 Å². The highest BCUT2D eigenvalue weighted by Crippen LogP contribution is 2.48. The number of benzene rings is 3. The molecule has 39 heavy (non-hydrogen) atoms. The third kappa shape index (κ3) is 5.52. The summed E-state index contributed by atoms with van der Waals surface area (Å²) in [6.07, 6.45) is 2.35. The van der Waals surface area contributed by atoms with Crippen molar-refractivity contribution < 1.29 is 14.0 Å². The van der Waals surface area contributed by atoms with Crippen LogP contribution in [0.1, 0.15) is 23.7 Å². The molecular formula is C32H28N4O3. The largest absolute Gasteiger partial charge is 0.467 e. The first kappa shape index (κ1) is 24.4. The van der Waals surface area contributed by atoms with Crippen LogP contribution >= 0.6 is 0 Å². The molecule has 1 aliphatic rings. The predicted molar refractivity (Wildman–Crippen MR) is 149 cm³/mol. The summed E-state index contributed by atoms with van der Waals surface area (Å²) in [6.45, 7) is 0.128. The van der Waals surface area contributed by atoms with Crippen molar-refractivity contribution in [2.45, 2.75) is 18.9 Å². The second-order valence-corrected chi connectivity index (χ2v) is 9.71. The Bertz CT molecular complexity index is 1550. The van der Waals surface area contributed by atoms with Crippen LogP contribution in [0.4, 0.5) is 5.82 Å². The van der Waals surface area contributed by atoms with Gasteiger partial charge in [0.1, 0.15) is 18.1 Å². The van der Waals surface area contributed by atoms with E-state index in [1.165, 1.54) is 0 Å². The number of nitrogens with one attached hydrogen (secondary N) is 1. The molecule has 0 saturated heterocycles. The summed E-state index contributed by atoms with van der Waals surface area (Å²) in [4.78, 5) is 28.6. The van der Waals surface area contributed by atoms with Crippen LogP contribution < -0.4 is 5.32 Å². The van der Waals surface area contributed by atoms with Crippen molar-refractivity contribution in [3.63, 3.8) is 0 Å². The maximum atomic E-state index is 13.6. The Labute approximate surface area is 226 Å². The van der Waals surface area contributed by atoms with E-state index >= 15 is 0 Å². The number of amides is 2. The molecule has 0 spiro atoms. The fourth-order valence-electron chi connectivity index (χ4n) is 4.92. The molecule has 2 aromatic heterocycles. The second-order valence-electron chi connectivity index (χ2n) is 9.71.